The molecule has 0 fully saturated rings. The molecule has 32 heavy (non-hydrogen) atoms. The van der Waals surface area contributed by atoms with Crippen LogP contribution in [-0.4, -0.2) is 22.6 Å². The molecule has 2 N–H and O–H groups in total. The Balaban J connectivity index is 1.26. The van der Waals surface area contributed by atoms with Crippen LogP contribution in [0.5, 0.6) is 5.75 Å². The van der Waals surface area contributed by atoms with Crippen molar-refractivity contribution in [3.8, 4) is 5.75 Å². The number of carbonyl (C=O) groups is 1. The van der Waals surface area contributed by atoms with E-state index in [1.54, 1.807) is 29.5 Å². The van der Waals surface area contributed by atoms with Crippen LogP contribution >= 0.6 is 35.2 Å². The molecule has 0 radical (unpaired) electrons. The minimum absolute atomic E-state index is 0.149. The molecule has 0 saturated carbocycles. The lowest BCUT2D eigenvalue weighted by Gasteiger charge is -2.11. The molecule has 0 saturated heterocycles. The first kappa shape index (κ1) is 22.2. The number of hydrogen-bond donors (Lipinski definition) is 2. The number of nitrogens with one attached hydrogen (secondary N) is 2. The number of anilines is 1. The minimum Gasteiger partial charge on any atom is -0.484 e. The summed E-state index contributed by atoms with van der Waals surface area (Å²) >= 11 is 12.9. The Labute approximate surface area is 200 Å². The maximum absolute atomic E-state index is 12.1. The van der Waals surface area contributed by atoms with Gasteiger partial charge in [-0.1, -0.05) is 35.9 Å². The number of fused-ring (bicyclic) bond motifs is 1. The molecule has 5 nitrogen and oxygen atoms in total. The number of rotatable bonds is 6. The SMILES string of the molecule is Cc1cc(OCC(=O)NC(=S)Nc2ccc(Cc3nc4ccccc4s3)cc2)ccc1Cl. The fourth-order valence-corrected chi connectivity index (χ4v) is 4.41. The van der Waals surface area contributed by atoms with Crippen molar-refractivity contribution in [3.05, 3.63) is 87.9 Å². The smallest absolute Gasteiger partial charge is 0.264 e. The predicted molar refractivity (Wildman–Crippen MR) is 135 cm³/mol. The first-order valence-corrected chi connectivity index (χ1v) is 11.5. The van der Waals surface area contributed by atoms with Gasteiger partial charge in [-0.2, -0.15) is 0 Å². The van der Waals surface area contributed by atoms with Gasteiger partial charge in [0.05, 0.1) is 15.2 Å². The Hall–Kier alpha value is -3.00. The van der Waals surface area contributed by atoms with Crippen LogP contribution in [0.25, 0.3) is 10.2 Å². The number of benzene rings is 3. The van der Waals surface area contributed by atoms with E-state index in [4.69, 9.17) is 28.6 Å². The van der Waals surface area contributed by atoms with Gasteiger partial charge in [-0.15, -0.1) is 11.3 Å². The summed E-state index contributed by atoms with van der Waals surface area (Å²) in [5.74, 6) is 0.229. The number of hydrogen-bond acceptors (Lipinski definition) is 5. The fourth-order valence-electron chi connectivity index (χ4n) is 3.06. The lowest BCUT2D eigenvalue weighted by atomic mass is 10.1. The van der Waals surface area contributed by atoms with E-state index in [0.717, 1.165) is 33.8 Å². The highest BCUT2D eigenvalue weighted by Crippen LogP contribution is 2.24. The maximum Gasteiger partial charge on any atom is 0.264 e. The van der Waals surface area contributed by atoms with Crippen molar-refractivity contribution >= 4 is 62.1 Å². The largest absolute Gasteiger partial charge is 0.484 e. The Kier molecular flexibility index (Phi) is 6.99. The van der Waals surface area contributed by atoms with Gasteiger partial charge in [-0.3, -0.25) is 10.1 Å². The maximum atomic E-state index is 12.1. The number of carbonyl (C=O) groups excluding carboxylic acids is 1. The molecule has 0 bridgehead atoms. The molecule has 0 aliphatic heterocycles. The van der Waals surface area contributed by atoms with Crippen molar-refractivity contribution in [3.63, 3.8) is 0 Å². The summed E-state index contributed by atoms with van der Waals surface area (Å²) in [5.41, 5.74) is 3.85. The standard InChI is InChI=1S/C24H20ClN3O2S2/c1-15-12-18(10-11-19(15)25)30-14-22(29)28-24(31)26-17-8-6-16(7-9-17)13-23-27-20-4-2-3-5-21(20)32-23/h2-12H,13-14H2,1H3,(H2,26,28,29,31). The third kappa shape index (κ3) is 5.82. The molecule has 1 aromatic heterocycles. The molecule has 1 amide bonds. The minimum atomic E-state index is -0.345. The van der Waals surface area contributed by atoms with E-state index >= 15 is 0 Å². The molecule has 4 rings (SSSR count). The van der Waals surface area contributed by atoms with E-state index in [9.17, 15) is 4.79 Å². The second-order valence-electron chi connectivity index (χ2n) is 7.15. The van der Waals surface area contributed by atoms with Gasteiger partial charge in [0.1, 0.15) is 5.75 Å². The highest BCUT2D eigenvalue weighted by Gasteiger charge is 2.08. The molecule has 0 spiro atoms. The molecular formula is C24H20ClN3O2S2. The van der Waals surface area contributed by atoms with Crippen LogP contribution in [0.3, 0.4) is 0 Å². The summed E-state index contributed by atoms with van der Waals surface area (Å²) in [6, 6.07) is 21.3. The third-order valence-electron chi connectivity index (χ3n) is 4.66. The van der Waals surface area contributed by atoms with E-state index in [2.05, 4.69) is 21.7 Å². The first-order valence-electron chi connectivity index (χ1n) is 9.89. The van der Waals surface area contributed by atoms with E-state index in [-0.39, 0.29) is 17.6 Å². The molecule has 162 valence electrons. The highest BCUT2D eigenvalue weighted by molar-refractivity contribution is 7.80. The van der Waals surface area contributed by atoms with E-state index < -0.39 is 0 Å². The summed E-state index contributed by atoms with van der Waals surface area (Å²) in [6.45, 7) is 1.72. The first-order chi connectivity index (χ1) is 15.5. The van der Waals surface area contributed by atoms with Crippen LogP contribution in [0.4, 0.5) is 5.69 Å². The number of nitrogens with zero attached hydrogens (tertiary/aromatic N) is 1. The second-order valence-corrected chi connectivity index (χ2v) is 9.08. The van der Waals surface area contributed by atoms with Gasteiger partial charge in [-0.25, -0.2) is 4.98 Å². The number of thiocarbonyl (C=S) groups is 1. The summed E-state index contributed by atoms with van der Waals surface area (Å²) in [4.78, 5) is 16.8. The topological polar surface area (TPSA) is 63.2 Å². The number of aryl methyl sites for hydroxylation is 1. The summed E-state index contributed by atoms with van der Waals surface area (Å²) in [7, 11) is 0. The monoisotopic (exact) mass is 481 g/mol. The molecule has 0 aliphatic rings. The van der Waals surface area contributed by atoms with E-state index in [1.807, 2.05) is 49.4 Å². The number of aromatic nitrogens is 1. The zero-order valence-corrected chi connectivity index (χ0v) is 19.6. The lowest BCUT2D eigenvalue weighted by Crippen LogP contribution is -2.37. The third-order valence-corrected chi connectivity index (χ3v) is 6.32. The van der Waals surface area contributed by atoms with Crippen LogP contribution in [0.1, 0.15) is 16.1 Å². The average Bonchev–Trinajstić information content (AvgIpc) is 3.18. The average molecular weight is 482 g/mol. The van der Waals surface area contributed by atoms with Crippen LogP contribution in [0.15, 0.2) is 66.7 Å². The quantitative estimate of drug-likeness (QED) is 0.344. The summed E-state index contributed by atoms with van der Waals surface area (Å²) in [5, 5.41) is 7.57. The molecule has 0 atom stereocenters. The number of amides is 1. The van der Waals surface area contributed by atoms with E-state index in [1.165, 1.54) is 4.70 Å². The van der Waals surface area contributed by atoms with Crippen molar-refractivity contribution in [2.24, 2.45) is 0 Å². The van der Waals surface area contributed by atoms with Crippen molar-refractivity contribution in [1.29, 1.82) is 0 Å². The van der Waals surface area contributed by atoms with Gasteiger partial charge >= 0.3 is 0 Å². The normalized spacial score (nSPS) is 10.7. The summed E-state index contributed by atoms with van der Waals surface area (Å²) < 4.78 is 6.68. The zero-order valence-electron chi connectivity index (χ0n) is 17.2. The Morgan fingerprint density at radius 3 is 2.66 bits per heavy atom. The Morgan fingerprint density at radius 2 is 1.91 bits per heavy atom. The van der Waals surface area contributed by atoms with Gasteiger partial charge in [-0.05, 0) is 72.7 Å². The van der Waals surface area contributed by atoms with Crippen LogP contribution in [0, 0.1) is 6.92 Å². The number of ether oxygens (including phenoxy) is 1. The summed E-state index contributed by atoms with van der Waals surface area (Å²) in [6.07, 6.45) is 0.766. The Morgan fingerprint density at radius 1 is 1.12 bits per heavy atom. The predicted octanol–water partition coefficient (Wildman–Crippen LogP) is 5.74. The molecular weight excluding hydrogens is 462 g/mol. The zero-order chi connectivity index (χ0) is 22.5. The van der Waals surface area contributed by atoms with Crippen molar-refractivity contribution in [2.45, 2.75) is 13.3 Å². The van der Waals surface area contributed by atoms with Gasteiger partial charge in [0.15, 0.2) is 11.7 Å². The molecule has 0 aliphatic carbocycles. The molecule has 0 unspecified atom stereocenters. The highest BCUT2D eigenvalue weighted by atomic mass is 35.5. The molecule has 1 heterocycles. The number of halogens is 1. The molecule has 3 aromatic carbocycles. The van der Waals surface area contributed by atoms with Crippen LogP contribution in [-0.2, 0) is 11.2 Å². The molecule has 4 aromatic rings. The van der Waals surface area contributed by atoms with Gasteiger partial charge in [0.25, 0.3) is 5.91 Å². The lowest BCUT2D eigenvalue weighted by molar-refractivity contribution is -0.121. The van der Waals surface area contributed by atoms with E-state index in [0.29, 0.717) is 10.8 Å². The van der Waals surface area contributed by atoms with Crippen molar-refractivity contribution in [1.82, 2.24) is 10.3 Å². The Bertz CT molecular complexity index is 1240. The van der Waals surface area contributed by atoms with Crippen molar-refractivity contribution in [2.75, 3.05) is 11.9 Å². The molecule has 8 heteroatoms. The van der Waals surface area contributed by atoms with Gasteiger partial charge < -0.3 is 10.1 Å². The van der Waals surface area contributed by atoms with Crippen LogP contribution < -0.4 is 15.4 Å². The second kappa shape index (κ2) is 10.1. The van der Waals surface area contributed by atoms with Gasteiger partial charge in [0, 0.05) is 17.1 Å². The number of para-hydroxylation sites is 1. The van der Waals surface area contributed by atoms with Crippen molar-refractivity contribution < 1.29 is 9.53 Å². The van der Waals surface area contributed by atoms with Crippen LogP contribution in [0.2, 0.25) is 5.02 Å². The number of thiazole rings is 1. The van der Waals surface area contributed by atoms with Gasteiger partial charge in [0.2, 0.25) is 0 Å². The fraction of sp³-hybridized carbons (Fsp3) is 0.125.